The first-order valence-corrected chi connectivity index (χ1v) is 11.6. The predicted molar refractivity (Wildman–Crippen MR) is 132 cm³/mol. The van der Waals surface area contributed by atoms with Gasteiger partial charge in [0.15, 0.2) is 5.60 Å². The van der Waals surface area contributed by atoms with Gasteiger partial charge in [0.1, 0.15) is 0 Å². The van der Waals surface area contributed by atoms with E-state index in [4.69, 9.17) is 16.6 Å². The van der Waals surface area contributed by atoms with Crippen LogP contribution in [0.4, 0.5) is 0 Å². The van der Waals surface area contributed by atoms with Gasteiger partial charge in [0.25, 0.3) is 5.56 Å². The fraction of sp³-hybridized carbons (Fsp3) is 0.160. The zero-order chi connectivity index (χ0) is 23.3. The Morgan fingerprint density at radius 2 is 1.85 bits per heavy atom. The van der Waals surface area contributed by atoms with E-state index in [2.05, 4.69) is 4.98 Å². The van der Waals surface area contributed by atoms with Crippen molar-refractivity contribution in [2.75, 3.05) is 0 Å². The van der Waals surface area contributed by atoms with Crippen molar-refractivity contribution in [1.82, 2.24) is 19.1 Å². The molecule has 0 aliphatic heterocycles. The maximum Gasteiger partial charge on any atom is 0.251 e. The molecule has 8 heteroatoms. The highest BCUT2D eigenvalue weighted by atomic mass is 35.5. The summed E-state index contributed by atoms with van der Waals surface area (Å²) in [6, 6.07) is 14.3. The summed E-state index contributed by atoms with van der Waals surface area (Å²) in [5.41, 5.74) is 3.11. The van der Waals surface area contributed by atoms with E-state index in [9.17, 15) is 9.90 Å². The zero-order valence-corrected chi connectivity index (χ0v) is 19.9. The van der Waals surface area contributed by atoms with Crippen molar-refractivity contribution in [3.8, 4) is 10.4 Å². The molecule has 33 heavy (non-hydrogen) atoms. The van der Waals surface area contributed by atoms with E-state index in [1.54, 1.807) is 76.4 Å². The molecule has 0 aliphatic rings. The number of aryl methyl sites for hydroxylation is 3. The number of nitrogens with zero attached hydrogens (tertiary/aromatic N) is 4. The third-order valence-corrected chi connectivity index (χ3v) is 7.24. The number of pyridine rings is 2. The second-order valence-electron chi connectivity index (χ2n) is 8.11. The molecule has 0 amide bonds. The Balaban J connectivity index is 1.83. The van der Waals surface area contributed by atoms with Crippen molar-refractivity contribution in [3.63, 3.8) is 0 Å². The monoisotopic (exact) mass is 476 g/mol. The molecule has 0 unspecified atom stereocenters. The lowest BCUT2D eigenvalue weighted by Gasteiger charge is -2.29. The quantitative estimate of drug-likeness (QED) is 0.410. The molecular weight excluding hydrogens is 456 g/mol. The molecule has 0 spiro atoms. The van der Waals surface area contributed by atoms with E-state index in [0.29, 0.717) is 33.0 Å². The Morgan fingerprint density at radius 1 is 1.09 bits per heavy atom. The van der Waals surface area contributed by atoms with Crippen LogP contribution < -0.4 is 5.56 Å². The number of fused-ring (bicyclic) bond motifs is 1. The van der Waals surface area contributed by atoms with E-state index in [0.717, 1.165) is 16.0 Å². The standard InChI is InChI=1S/C25H21ClN4O2S/c1-15-10-20(33-13-15)18-11-23(31)30(3)19-8-9-21(28-24(18)19)25(32,22-12-27-14-29(22)2)16-4-6-17(26)7-5-16/h4-14,32H,1-3H3/t25-/m1/s1. The van der Waals surface area contributed by atoms with Crippen molar-refractivity contribution < 1.29 is 5.11 Å². The highest BCUT2D eigenvalue weighted by molar-refractivity contribution is 7.13. The number of thiophene rings is 1. The third-order valence-electron chi connectivity index (χ3n) is 5.90. The normalized spacial score (nSPS) is 13.4. The van der Waals surface area contributed by atoms with Crippen LogP contribution in [0.3, 0.4) is 0 Å². The molecule has 1 N–H and O–H groups in total. The van der Waals surface area contributed by atoms with Gasteiger partial charge < -0.3 is 14.2 Å². The van der Waals surface area contributed by atoms with Crippen LogP contribution >= 0.6 is 22.9 Å². The molecule has 0 bridgehead atoms. The van der Waals surface area contributed by atoms with E-state index in [1.807, 2.05) is 31.5 Å². The van der Waals surface area contributed by atoms with Gasteiger partial charge in [-0.3, -0.25) is 4.79 Å². The number of hydrogen-bond acceptors (Lipinski definition) is 5. The second-order valence-corrected chi connectivity index (χ2v) is 9.46. The molecule has 4 aromatic heterocycles. The highest BCUT2D eigenvalue weighted by Gasteiger charge is 2.38. The highest BCUT2D eigenvalue weighted by Crippen LogP contribution is 2.38. The Morgan fingerprint density at radius 3 is 2.48 bits per heavy atom. The van der Waals surface area contributed by atoms with Crippen LogP contribution in [0.2, 0.25) is 5.02 Å². The van der Waals surface area contributed by atoms with Gasteiger partial charge >= 0.3 is 0 Å². The first kappa shape index (κ1) is 21.6. The van der Waals surface area contributed by atoms with Crippen LogP contribution in [0.1, 0.15) is 22.5 Å². The lowest BCUT2D eigenvalue weighted by atomic mass is 9.86. The van der Waals surface area contributed by atoms with Gasteiger partial charge in [-0.15, -0.1) is 11.3 Å². The fourth-order valence-electron chi connectivity index (χ4n) is 4.11. The Kier molecular flexibility index (Phi) is 5.20. The largest absolute Gasteiger partial charge is 0.373 e. The Labute approximate surface area is 199 Å². The van der Waals surface area contributed by atoms with Gasteiger partial charge in [-0.2, -0.15) is 0 Å². The lowest BCUT2D eigenvalue weighted by molar-refractivity contribution is 0.113. The van der Waals surface area contributed by atoms with Crippen molar-refractivity contribution >= 4 is 34.0 Å². The SMILES string of the molecule is Cc1csc(-c2cc(=O)n(C)c3ccc([C@](O)(c4ccc(Cl)cc4)c4cncn4C)nc23)c1. The van der Waals surface area contributed by atoms with Crippen LogP contribution in [0, 0.1) is 6.92 Å². The molecule has 5 rings (SSSR count). The molecule has 166 valence electrons. The first-order valence-electron chi connectivity index (χ1n) is 10.3. The van der Waals surface area contributed by atoms with Gasteiger partial charge in [0, 0.05) is 35.6 Å². The number of halogens is 1. The Hall–Kier alpha value is -3.26. The minimum atomic E-state index is -1.58. The maximum atomic E-state index is 12.7. The van der Waals surface area contributed by atoms with Crippen LogP contribution in [0.15, 0.2) is 71.2 Å². The topological polar surface area (TPSA) is 72.9 Å². The van der Waals surface area contributed by atoms with Gasteiger partial charge in [-0.1, -0.05) is 23.7 Å². The summed E-state index contributed by atoms with van der Waals surface area (Å²) < 4.78 is 3.34. The molecule has 4 heterocycles. The summed E-state index contributed by atoms with van der Waals surface area (Å²) >= 11 is 7.68. The second kappa shape index (κ2) is 7.95. The van der Waals surface area contributed by atoms with Crippen LogP contribution in [-0.4, -0.2) is 24.2 Å². The fourth-order valence-corrected chi connectivity index (χ4v) is 5.16. The number of rotatable bonds is 4. The lowest BCUT2D eigenvalue weighted by Crippen LogP contribution is -2.32. The van der Waals surface area contributed by atoms with E-state index in [-0.39, 0.29) is 5.56 Å². The maximum absolute atomic E-state index is 12.7. The van der Waals surface area contributed by atoms with E-state index < -0.39 is 5.60 Å². The van der Waals surface area contributed by atoms with Gasteiger partial charge in [0.2, 0.25) is 0 Å². The molecule has 0 aliphatic carbocycles. The molecule has 1 atom stereocenters. The molecule has 0 saturated carbocycles. The summed E-state index contributed by atoms with van der Waals surface area (Å²) in [4.78, 5) is 22.8. The average Bonchev–Trinajstić information content (AvgIpc) is 3.44. The molecule has 1 aromatic carbocycles. The minimum absolute atomic E-state index is 0.113. The number of benzene rings is 1. The number of aromatic nitrogens is 4. The van der Waals surface area contributed by atoms with Crippen LogP contribution in [-0.2, 0) is 19.7 Å². The smallest absolute Gasteiger partial charge is 0.251 e. The molecule has 0 saturated heterocycles. The Bertz CT molecular complexity index is 1550. The van der Waals surface area contributed by atoms with Crippen molar-refractivity contribution in [2.45, 2.75) is 12.5 Å². The van der Waals surface area contributed by atoms with Gasteiger partial charge in [-0.05, 0) is 53.8 Å². The predicted octanol–water partition coefficient (Wildman–Crippen LogP) is 4.64. The van der Waals surface area contributed by atoms with E-state index >= 15 is 0 Å². The van der Waals surface area contributed by atoms with Gasteiger partial charge in [0.05, 0.1) is 34.9 Å². The summed E-state index contributed by atoms with van der Waals surface area (Å²) in [6.07, 6.45) is 3.27. The molecule has 6 nitrogen and oxygen atoms in total. The summed E-state index contributed by atoms with van der Waals surface area (Å²) in [6.45, 7) is 2.02. The van der Waals surface area contributed by atoms with Crippen molar-refractivity contribution in [1.29, 1.82) is 0 Å². The van der Waals surface area contributed by atoms with E-state index in [1.165, 1.54) is 0 Å². The number of hydrogen-bond donors (Lipinski definition) is 1. The molecule has 0 fully saturated rings. The van der Waals surface area contributed by atoms with Crippen molar-refractivity contribution in [2.24, 2.45) is 14.1 Å². The molecule has 5 aromatic rings. The summed E-state index contributed by atoms with van der Waals surface area (Å²) in [5, 5.41) is 14.8. The van der Waals surface area contributed by atoms with Crippen LogP contribution in [0.5, 0.6) is 0 Å². The minimum Gasteiger partial charge on any atom is -0.373 e. The average molecular weight is 477 g/mol. The van der Waals surface area contributed by atoms with Crippen molar-refractivity contribution in [3.05, 3.63) is 104 Å². The third kappa shape index (κ3) is 3.49. The summed E-state index contributed by atoms with van der Waals surface area (Å²) in [7, 11) is 3.55. The zero-order valence-electron chi connectivity index (χ0n) is 18.3. The number of aliphatic hydroxyl groups is 1. The molecular formula is C25H21ClN4O2S. The number of imidazole rings is 1. The van der Waals surface area contributed by atoms with Gasteiger partial charge in [-0.25, -0.2) is 9.97 Å². The summed E-state index contributed by atoms with van der Waals surface area (Å²) in [5.74, 6) is 0. The van der Waals surface area contributed by atoms with Crippen LogP contribution in [0.25, 0.3) is 21.5 Å². The first-order chi connectivity index (χ1) is 15.8. The molecule has 0 radical (unpaired) electrons.